The van der Waals surface area contributed by atoms with Gasteiger partial charge in [-0.2, -0.15) is 0 Å². The SMILES string of the molecule is CC1(C)C=CC(=C(c2ccccc2)c2ccc3[nH]c4ccccc4c3c2)C=C1. The highest BCUT2D eigenvalue weighted by Crippen LogP contribution is 2.35. The topological polar surface area (TPSA) is 15.8 Å². The maximum Gasteiger partial charge on any atom is 0.0465 e. The van der Waals surface area contributed by atoms with Crippen molar-refractivity contribution in [3.05, 3.63) is 114 Å². The number of aromatic nitrogens is 1. The molecule has 1 aromatic heterocycles. The molecule has 136 valence electrons. The van der Waals surface area contributed by atoms with Crippen molar-refractivity contribution in [1.29, 1.82) is 0 Å². The van der Waals surface area contributed by atoms with Crippen LogP contribution in [0.1, 0.15) is 25.0 Å². The second-order valence-corrected chi connectivity index (χ2v) is 8.12. The summed E-state index contributed by atoms with van der Waals surface area (Å²) in [5.74, 6) is 0. The molecule has 5 rings (SSSR count). The first-order chi connectivity index (χ1) is 13.6. The second kappa shape index (κ2) is 6.38. The molecule has 1 aliphatic rings. The van der Waals surface area contributed by atoms with Gasteiger partial charge in [-0.15, -0.1) is 0 Å². The number of benzene rings is 3. The number of hydrogen-bond acceptors (Lipinski definition) is 0. The van der Waals surface area contributed by atoms with Crippen molar-refractivity contribution in [1.82, 2.24) is 4.98 Å². The molecule has 1 aliphatic carbocycles. The second-order valence-electron chi connectivity index (χ2n) is 8.12. The molecule has 4 aromatic rings. The van der Waals surface area contributed by atoms with E-state index in [1.807, 2.05) is 0 Å². The van der Waals surface area contributed by atoms with Gasteiger partial charge in [0, 0.05) is 27.2 Å². The van der Waals surface area contributed by atoms with Crippen molar-refractivity contribution in [2.45, 2.75) is 13.8 Å². The molecule has 0 amide bonds. The van der Waals surface area contributed by atoms with Crippen molar-refractivity contribution < 1.29 is 0 Å². The number of hydrogen-bond donors (Lipinski definition) is 1. The number of aromatic amines is 1. The Bertz CT molecular complexity index is 1250. The summed E-state index contributed by atoms with van der Waals surface area (Å²) in [5, 5.41) is 2.54. The summed E-state index contributed by atoms with van der Waals surface area (Å²) >= 11 is 0. The zero-order valence-corrected chi connectivity index (χ0v) is 16.2. The van der Waals surface area contributed by atoms with Crippen LogP contribution in [-0.4, -0.2) is 4.98 Å². The van der Waals surface area contributed by atoms with Crippen LogP contribution in [0.3, 0.4) is 0 Å². The minimum absolute atomic E-state index is 0.103. The lowest BCUT2D eigenvalue weighted by molar-refractivity contribution is 0.621. The van der Waals surface area contributed by atoms with Gasteiger partial charge in [-0.3, -0.25) is 0 Å². The summed E-state index contributed by atoms with van der Waals surface area (Å²) in [5.41, 5.74) is 7.48. The average Bonchev–Trinajstić information content (AvgIpc) is 3.08. The summed E-state index contributed by atoms with van der Waals surface area (Å²) in [6.07, 6.45) is 9.11. The molecule has 28 heavy (non-hydrogen) atoms. The largest absolute Gasteiger partial charge is 0.355 e. The molecule has 3 aromatic carbocycles. The van der Waals surface area contributed by atoms with Gasteiger partial charge in [-0.1, -0.05) is 92.7 Å². The van der Waals surface area contributed by atoms with E-state index in [0.717, 1.165) is 0 Å². The number of allylic oxidation sites excluding steroid dienone is 5. The molecule has 0 saturated carbocycles. The number of fused-ring (bicyclic) bond motifs is 3. The minimum Gasteiger partial charge on any atom is -0.355 e. The first-order valence-electron chi connectivity index (χ1n) is 9.80. The fourth-order valence-corrected chi connectivity index (χ4v) is 4.00. The molecule has 1 heteroatoms. The van der Waals surface area contributed by atoms with Crippen molar-refractivity contribution in [3.8, 4) is 0 Å². The average molecular weight is 361 g/mol. The van der Waals surface area contributed by atoms with Gasteiger partial charge >= 0.3 is 0 Å². The van der Waals surface area contributed by atoms with Gasteiger partial charge in [0.1, 0.15) is 0 Å². The third-order valence-corrected chi connectivity index (χ3v) is 5.53. The van der Waals surface area contributed by atoms with E-state index >= 15 is 0 Å². The van der Waals surface area contributed by atoms with Gasteiger partial charge in [0.05, 0.1) is 0 Å². The Morgan fingerprint density at radius 3 is 2.14 bits per heavy atom. The highest BCUT2D eigenvalue weighted by Gasteiger charge is 2.17. The van der Waals surface area contributed by atoms with E-state index in [2.05, 4.69) is 116 Å². The van der Waals surface area contributed by atoms with Gasteiger partial charge in [0.2, 0.25) is 0 Å². The molecule has 0 radical (unpaired) electrons. The van der Waals surface area contributed by atoms with Crippen molar-refractivity contribution in [2.75, 3.05) is 0 Å². The van der Waals surface area contributed by atoms with Crippen LogP contribution < -0.4 is 0 Å². The van der Waals surface area contributed by atoms with Gasteiger partial charge in [0.15, 0.2) is 0 Å². The Morgan fingerprint density at radius 1 is 0.679 bits per heavy atom. The number of para-hydroxylation sites is 1. The molecule has 0 unspecified atom stereocenters. The monoisotopic (exact) mass is 361 g/mol. The van der Waals surface area contributed by atoms with E-state index in [4.69, 9.17) is 0 Å². The van der Waals surface area contributed by atoms with Crippen LogP contribution in [0.15, 0.2) is 103 Å². The number of nitrogens with one attached hydrogen (secondary N) is 1. The van der Waals surface area contributed by atoms with Crippen LogP contribution >= 0.6 is 0 Å². The minimum atomic E-state index is 0.103. The summed E-state index contributed by atoms with van der Waals surface area (Å²) in [6, 6.07) is 26.0. The Kier molecular flexibility index (Phi) is 3.84. The van der Waals surface area contributed by atoms with Crippen LogP contribution in [-0.2, 0) is 0 Å². The molecule has 0 aliphatic heterocycles. The van der Waals surface area contributed by atoms with Gasteiger partial charge < -0.3 is 4.98 Å². The quantitative estimate of drug-likeness (QED) is 0.386. The Hall–Kier alpha value is -3.32. The van der Waals surface area contributed by atoms with Gasteiger partial charge in [-0.05, 0) is 40.5 Å². The first kappa shape index (κ1) is 16.8. The van der Waals surface area contributed by atoms with Crippen LogP contribution in [0, 0.1) is 5.41 Å². The Morgan fingerprint density at radius 2 is 1.36 bits per heavy atom. The molecule has 0 fully saturated rings. The summed E-state index contributed by atoms with van der Waals surface area (Å²) < 4.78 is 0. The van der Waals surface area contributed by atoms with Crippen LogP contribution in [0.4, 0.5) is 0 Å². The highest BCUT2D eigenvalue weighted by molar-refractivity contribution is 6.08. The van der Waals surface area contributed by atoms with Crippen molar-refractivity contribution in [2.24, 2.45) is 5.41 Å². The maximum atomic E-state index is 3.53. The number of H-pyrrole nitrogens is 1. The molecular weight excluding hydrogens is 338 g/mol. The van der Waals surface area contributed by atoms with Crippen LogP contribution in [0.5, 0.6) is 0 Å². The zero-order valence-electron chi connectivity index (χ0n) is 16.2. The third kappa shape index (κ3) is 2.90. The van der Waals surface area contributed by atoms with Gasteiger partial charge in [-0.25, -0.2) is 0 Å². The lowest BCUT2D eigenvalue weighted by Gasteiger charge is -2.21. The smallest absolute Gasteiger partial charge is 0.0465 e. The summed E-state index contributed by atoms with van der Waals surface area (Å²) in [6.45, 7) is 4.47. The van der Waals surface area contributed by atoms with E-state index < -0.39 is 0 Å². The molecule has 0 spiro atoms. The predicted octanol–water partition coefficient (Wildman–Crippen LogP) is 7.28. The molecule has 1 N–H and O–H groups in total. The van der Waals surface area contributed by atoms with Crippen LogP contribution in [0.2, 0.25) is 0 Å². The molecule has 1 nitrogen and oxygen atoms in total. The van der Waals surface area contributed by atoms with E-state index in [-0.39, 0.29) is 5.41 Å². The Balaban J connectivity index is 1.76. The summed E-state index contributed by atoms with van der Waals surface area (Å²) in [4.78, 5) is 3.53. The molecular formula is C27H23N. The van der Waals surface area contributed by atoms with Gasteiger partial charge in [0.25, 0.3) is 0 Å². The fraction of sp³-hybridized carbons (Fsp3) is 0.111. The predicted molar refractivity (Wildman–Crippen MR) is 120 cm³/mol. The third-order valence-electron chi connectivity index (χ3n) is 5.53. The number of rotatable bonds is 2. The fourth-order valence-electron chi connectivity index (χ4n) is 4.00. The Labute approximate surface area is 165 Å². The van der Waals surface area contributed by atoms with E-state index in [0.29, 0.717) is 0 Å². The highest BCUT2D eigenvalue weighted by atomic mass is 14.7. The molecule has 0 atom stereocenters. The lowest BCUT2D eigenvalue weighted by atomic mass is 9.83. The maximum absolute atomic E-state index is 3.53. The van der Waals surface area contributed by atoms with Crippen molar-refractivity contribution >= 4 is 27.4 Å². The normalized spacial score (nSPS) is 15.4. The van der Waals surface area contributed by atoms with E-state index in [1.54, 1.807) is 0 Å². The zero-order chi connectivity index (χ0) is 19.1. The first-order valence-corrected chi connectivity index (χ1v) is 9.80. The van der Waals surface area contributed by atoms with E-state index in [9.17, 15) is 0 Å². The lowest BCUT2D eigenvalue weighted by Crippen LogP contribution is -2.06. The summed E-state index contributed by atoms with van der Waals surface area (Å²) in [7, 11) is 0. The molecule has 0 bridgehead atoms. The van der Waals surface area contributed by atoms with E-state index in [1.165, 1.54) is 44.1 Å². The van der Waals surface area contributed by atoms with Crippen molar-refractivity contribution in [3.63, 3.8) is 0 Å². The molecule has 1 heterocycles. The van der Waals surface area contributed by atoms with Crippen LogP contribution in [0.25, 0.3) is 27.4 Å². The molecule has 0 saturated heterocycles. The standard InChI is InChI=1S/C27H23N/c1-27(2)16-14-20(15-17-27)26(19-8-4-3-5-9-19)21-12-13-25-23(18-21)22-10-6-7-11-24(22)28-25/h3-18,28H,1-2H3.